The molecule has 1 amide bonds. The number of likely N-dealkylation sites (N-methyl/N-ethyl adjacent to an activating group) is 1. The molecule has 1 N–H and O–H groups in total. The number of hydrogen-bond donors (Lipinski definition) is 1. The van der Waals surface area contributed by atoms with Crippen LogP contribution in [-0.4, -0.2) is 38.4 Å². The quantitative estimate of drug-likeness (QED) is 0.731. The lowest BCUT2D eigenvalue weighted by Crippen LogP contribution is -2.49. The number of hydrogen-bond acceptors (Lipinski definition) is 3. The van der Waals surface area contributed by atoms with Crippen molar-refractivity contribution in [2.75, 3.05) is 13.1 Å². The third-order valence-corrected chi connectivity index (χ3v) is 5.99. The molecule has 1 aromatic carbocycles. The van der Waals surface area contributed by atoms with Crippen LogP contribution in [0.15, 0.2) is 29.2 Å². The van der Waals surface area contributed by atoms with Gasteiger partial charge in [-0.25, -0.2) is 8.42 Å². The number of rotatable bonds is 9. The summed E-state index contributed by atoms with van der Waals surface area (Å²) in [5, 5.41) is 0. The molecule has 1 aromatic rings. The molecule has 0 aromatic heterocycles. The molecule has 1 saturated carbocycles. The van der Waals surface area contributed by atoms with Crippen molar-refractivity contribution < 1.29 is 13.2 Å². The number of sulfonamides is 1. The van der Waals surface area contributed by atoms with Gasteiger partial charge >= 0.3 is 0 Å². The third-order valence-electron chi connectivity index (χ3n) is 4.50. The van der Waals surface area contributed by atoms with E-state index in [-0.39, 0.29) is 16.7 Å². The second kappa shape index (κ2) is 8.32. The van der Waals surface area contributed by atoms with E-state index in [1.807, 2.05) is 27.7 Å². The van der Waals surface area contributed by atoms with E-state index in [9.17, 15) is 13.2 Å². The Morgan fingerprint density at radius 3 is 2.32 bits per heavy atom. The molecule has 140 valence electrons. The molecule has 1 fully saturated rings. The highest BCUT2D eigenvalue weighted by Gasteiger charge is 2.32. The summed E-state index contributed by atoms with van der Waals surface area (Å²) in [6.45, 7) is 9.19. The first-order valence-electron chi connectivity index (χ1n) is 9.10. The standard InChI is InChI=1S/C19H30N2O3S/c1-5-21(13-16-8-9-16)19(22)18(12-14(2)3)20-25(23,24)17-10-6-15(4)7-11-17/h6-7,10-11,14,16,18,20H,5,8-9,12-13H2,1-4H3. The zero-order valence-corrected chi connectivity index (χ0v) is 16.5. The summed E-state index contributed by atoms with van der Waals surface area (Å²) >= 11 is 0. The van der Waals surface area contributed by atoms with Crippen molar-refractivity contribution in [3.8, 4) is 0 Å². The van der Waals surface area contributed by atoms with Gasteiger partial charge in [-0.3, -0.25) is 4.79 Å². The number of benzene rings is 1. The van der Waals surface area contributed by atoms with E-state index >= 15 is 0 Å². The van der Waals surface area contributed by atoms with Crippen molar-refractivity contribution in [1.29, 1.82) is 0 Å². The van der Waals surface area contributed by atoms with Crippen molar-refractivity contribution in [1.82, 2.24) is 9.62 Å². The Morgan fingerprint density at radius 2 is 1.84 bits per heavy atom. The highest BCUT2D eigenvalue weighted by Crippen LogP contribution is 2.30. The Bertz CT molecular complexity index is 679. The summed E-state index contributed by atoms with van der Waals surface area (Å²) in [5.41, 5.74) is 0.996. The minimum absolute atomic E-state index is 0.112. The van der Waals surface area contributed by atoms with Gasteiger partial charge in [0.05, 0.1) is 4.90 Å². The smallest absolute Gasteiger partial charge is 0.241 e. The van der Waals surface area contributed by atoms with E-state index in [1.54, 1.807) is 29.2 Å². The number of carbonyl (C=O) groups excluding carboxylic acids is 1. The molecule has 0 aliphatic heterocycles. The topological polar surface area (TPSA) is 66.5 Å². The van der Waals surface area contributed by atoms with E-state index in [0.29, 0.717) is 18.9 Å². The van der Waals surface area contributed by atoms with E-state index < -0.39 is 16.1 Å². The van der Waals surface area contributed by atoms with Crippen molar-refractivity contribution in [2.24, 2.45) is 11.8 Å². The molecule has 1 aliphatic carbocycles. The average Bonchev–Trinajstić information content (AvgIpc) is 3.35. The fourth-order valence-corrected chi connectivity index (χ4v) is 4.05. The Morgan fingerprint density at radius 1 is 1.24 bits per heavy atom. The van der Waals surface area contributed by atoms with Crippen LogP contribution in [0.2, 0.25) is 0 Å². The van der Waals surface area contributed by atoms with Crippen LogP contribution in [-0.2, 0) is 14.8 Å². The number of aryl methyl sites for hydroxylation is 1. The highest BCUT2D eigenvalue weighted by atomic mass is 32.2. The molecule has 1 atom stereocenters. The van der Waals surface area contributed by atoms with Crippen molar-refractivity contribution in [3.63, 3.8) is 0 Å². The van der Waals surface area contributed by atoms with Crippen LogP contribution in [0, 0.1) is 18.8 Å². The summed E-state index contributed by atoms with van der Waals surface area (Å²) in [7, 11) is -3.72. The van der Waals surface area contributed by atoms with Gasteiger partial charge in [0, 0.05) is 13.1 Å². The largest absolute Gasteiger partial charge is 0.341 e. The molecule has 0 bridgehead atoms. The van der Waals surface area contributed by atoms with Gasteiger partial charge in [0.2, 0.25) is 15.9 Å². The third kappa shape index (κ3) is 5.82. The second-order valence-electron chi connectivity index (χ2n) is 7.44. The fraction of sp³-hybridized carbons (Fsp3) is 0.632. The molecule has 0 heterocycles. The highest BCUT2D eigenvalue weighted by molar-refractivity contribution is 7.89. The predicted molar refractivity (Wildman–Crippen MR) is 99.7 cm³/mol. The van der Waals surface area contributed by atoms with Crippen LogP contribution >= 0.6 is 0 Å². The van der Waals surface area contributed by atoms with Gasteiger partial charge in [-0.15, -0.1) is 0 Å². The van der Waals surface area contributed by atoms with Gasteiger partial charge in [-0.1, -0.05) is 31.5 Å². The lowest BCUT2D eigenvalue weighted by atomic mass is 10.0. The van der Waals surface area contributed by atoms with Gasteiger partial charge in [0.15, 0.2) is 0 Å². The average molecular weight is 367 g/mol. The van der Waals surface area contributed by atoms with Gasteiger partial charge < -0.3 is 4.90 Å². The number of nitrogens with zero attached hydrogens (tertiary/aromatic N) is 1. The fourth-order valence-electron chi connectivity index (χ4n) is 2.85. The summed E-state index contributed by atoms with van der Waals surface area (Å²) in [5.74, 6) is 0.686. The lowest BCUT2D eigenvalue weighted by Gasteiger charge is -2.28. The van der Waals surface area contributed by atoms with Crippen molar-refractivity contribution in [3.05, 3.63) is 29.8 Å². The molecular formula is C19H30N2O3S. The monoisotopic (exact) mass is 366 g/mol. The number of carbonyl (C=O) groups is 1. The molecule has 0 spiro atoms. The van der Waals surface area contributed by atoms with E-state index in [2.05, 4.69) is 4.72 Å². The molecule has 0 saturated heterocycles. The van der Waals surface area contributed by atoms with Crippen LogP contribution in [0.1, 0.15) is 45.6 Å². The first-order valence-corrected chi connectivity index (χ1v) is 10.6. The minimum atomic E-state index is -3.72. The molecular weight excluding hydrogens is 336 g/mol. The van der Waals surface area contributed by atoms with E-state index in [4.69, 9.17) is 0 Å². The molecule has 0 radical (unpaired) electrons. The maximum atomic E-state index is 12.9. The van der Waals surface area contributed by atoms with Crippen LogP contribution in [0.4, 0.5) is 0 Å². The van der Waals surface area contributed by atoms with Crippen LogP contribution in [0.3, 0.4) is 0 Å². The molecule has 25 heavy (non-hydrogen) atoms. The summed E-state index contributed by atoms with van der Waals surface area (Å²) in [6, 6.07) is 5.97. The maximum absolute atomic E-state index is 12.9. The molecule has 5 nitrogen and oxygen atoms in total. The maximum Gasteiger partial charge on any atom is 0.241 e. The van der Waals surface area contributed by atoms with Gasteiger partial charge in [-0.2, -0.15) is 4.72 Å². The first kappa shape index (κ1) is 19.9. The second-order valence-corrected chi connectivity index (χ2v) is 9.15. The Labute approximate surface area is 151 Å². The summed E-state index contributed by atoms with van der Waals surface area (Å²) in [4.78, 5) is 14.9. The van der Waals surface area contributed by atoms with E-state index in [1.165, 1.54) is 0 Å². The van der Waals surface area contributed by atoms with E-state index in [0.717, 1.165) is 24.9 Å². The summed E-state index contributed by atoms with van der Waals surface area (Å²) < 4.78 is 28.1. The zero-order valence-electron chi connectivity index (χ0n) is 15.7. The normalized spacial score (nSPS) is 16.0. The van der Waals surface area contributed by atoms with Crippen molar-refractivity contribution in [2.45, 2.75) is 57.9 Å². The molecule has 6 heteroatoms. The number of nitrogens with one attached hydrogen (secondary N) is 1. The molecule has 2 rings (SSSR count). The first-order chi connectivity index (χ1) is 11.7. The Balaban J connectivity index is 2.17. The van der Waals surface area contributed by atoms with Gasteiger partial charge in [-0.05, 0) is 57.1 Å². The predicted octanol–water partition coefficient (Wildman–Crippen LogP) is 2.95. The lowest BCUT2D eigenvalue weighted by molar-refractivity contribution is -0.133. The Hall–Kier alpha value is -1.40. The van der Waals surface area contributed by atoms with Crippen molar-refractivity contribution >= 4 is 15.9 Å². The SMILES string of the molecule is CCN(CC1CC1)C(=O)C(CC(C)C)NS(=O)(=O)c1ccc(C)cc1. The minimum Gasteiger partial charge on any atom is -0.341 e. The van der Waals surface area contributed by atoms with Crippen LogP contribution in [0.25, 0.3) is 0 Å². The number of amides is 1. The van der Waals surface area contributed by atoms with Crippen LogP contribution in [0.5, 0.6) is 0 Å². The molecule has 1 aliphatic rings. The molecule has 1 unspecified atom stereocenters. The Kier molecular flexibility index (Phi) is 6.63. The summed E-state index contributed by atoms with van der Waals surface area (Å²) in [6.07, 6.45) is 2.81. The zero-order chi connectivity index (χ0) is 18.6. The van der Waals surface area contributed by atoms with Gasteiger partial charge in [0.1, 0.15) is 6.04 Å². The van der Waals surface area contributed by atoms with Gasteiger partial charge in [0.25, 0.3) is 0 Å². The van der Waals surface area contributed by atoms with Crippen LogP contribution < -0.4 is 4.72 Å².